The highest BCUT2D eigenvalue weighted by Gasteiger charge is 2.18. The molecular weight excluding hydrogens is 348 g/mol. The number of pyridine rings is 2. The lowest BCUT2D eigenvalue weighted by Crippen LogP contribution is -2.17. The van der Waals surface area contributed by atoms with Gasteiger partial charge in [0.1, 0.15) is 5.52 Å². The van der Waals surface area contributed by atoms with Crippen LogP contribution < -0.4 is 4.90 Å². The molecule has 9 nitrogen and oxygen atoms in total. The average molecular weight is 362 g/mol. The molecule has 0 saturated heterocycles. The van der Waals surface area contributed by atoms with Gasteiger partial charge in [0, 0.05) is 37.3 Å². The maximum absolute atomic E-state index is 11.3. The van der Waals surface area contributed by atoms with Gasteiger partial charge in [-0.25, -0.2) is 0 Å². The van der Waals surface area contributed by atoms with E-state index in [1.165, 1.54) is 6.07 Å². The summed E-state index contributed by atoms with van der Waals surface area (Å²) >= 11 is 0. The van der Waals surface area contributed by atoms with Crippen LogP contribution in [0.3, 0.4) is 0 Å². The molecule has 0 aliphatic rings. The highest BCUT2D eigenvalue weighted by Crippen LogP contribution is 2.32. The maximum atomic E-state index is 11.3. The van der Waals surface area contributed by atoms with Gasteiger partial charge in [-0.1, -0.05) is 5.16 Å². The second kappa shape index (κ2) is 6.79. The van der Waals surface area contributed by atoms with Gasteiger partial charge in [-0.15, -0.1) is 0 Å². The van der Waals surface area contributed by atoms with Crippen molar-refractivity contribution in [1.82, 2.24) is 20.1 Å². The van der Waals surface area contributed by atoms with E-state index >= 15 is 0 Å². The van der Waals surface area contributed by atoms with Crippen molar-refractivity contribution in [3.8, 4) is 11.4 Å². The SMILES string of the molecule is CN(Cc1nc(-c2cccnc2)no1)c1ccc([N+](=O)[O-])c2cccnc12. The van der Waals surface area contributed by atoms with E-state index in [1.54, 1.807) is 42.9 Å². The van der Waals surface area contributed by atoms with Crippen LogP contribution in [0.1, 0.15) is 5.89 Å². The molecule has 0 unspecified atom stereocenters. The molecule has 0 radical (unpaired) electrons. The number of hydrogen-bond donors (Lipinski definition) is 0. The molecule has 0 fully saturated rings. The summed E-state index contributed by atoms with van der Waals surface area (Å²) < 4.78 is 5.33. The fourth-order valence-corrected chi connectivity index (χ4v) is 2.83. The molecule has 4 rings (SSSR count). The predicted octanol–water partition coefficient (Wildman–Crippen LogP) is 3.22. The Balaban J connectivity index is 1.64. The van der Waals surface area contributed by atoms with Crippen molar-refractivity contribution < 1.29 is 9.45 Å². The maximum Gasteiger partial charge on any atom is 0.278 e. The summed E-state index contributed by atoms with van der Waals surface area (Å²) in [5.74, 6) is 0.872. The number of hydrogen-bond acceptors (Lipinski definition) is 8. The van der Waals surface area contributed by atoms with Gasteiger partial charge in [-0.3, -0.25) is 20.1 Å². The Hall–Kier alpha value is -3.88. The Morgan fingerprint density at radius 3 is 2.81 bits per heavy atom. The molecule has 1 aromatic carbocycles. The zero-order valence-corrected chi connectivity index (χ0v) is 14.3. The van der Waals surface area contributed by atoms with Crippen molar-refractivity contribution in [2.75, 3.05) is 11.9 Å². The van der Waals surface area contributed by atoms with Crippen LogP contribution in [-0.4, -0.2) is 32.1 Å². The Morgan fingerprint density at radius 1 is 1.19 bits per heavy atom. The van der Waals surface area contributed by atoms with Crippen LogP contribution in [0, 0.1) is 10.1 Å². The molecule has 3 aromatic heterocycles. The first kappa shape index (κ1) is 16.6. The van der Waals surface area contributed by atoms with Crippen LogP contribution in [-0.2, 0) is 6.54 Å². The van der Waals surface area contributed by atoms with Gasteiger partial charge < -0.3 is 9.42 Å². The standard InChI is InChI=1S/C18H14N6O3/c1-23(11-16-21-18(22-27-16)12-4-2-8-19-10-12)15-7-6-14(24(25)26)13-5-3-9-20-17(13)15/h2-10H,11H2,1H3. The molecule has 0 aliphatic heterocycles. The molecular formula is C18H14N6O3. The third-order valence-corrected chi connectivity index (χ3v) is 4.09. The predicted molar refractivity (Wildman–Crippen MR) is 98.0 cm³/mol. The molecule has 4 aromatic rings. The lowest BCUT2D eigenvalue weighted by Gasteiger charge is -2.18. The zero-order valence-electron chi connectivity index (χ0n) is 14.3. The molecule has 0 bridgehead atoms. The first-order chi connectivity index (χ1) is 13.1. The minimum atomic E-state index is -0.411. The van der Waals surface area contributed by atoms with Crippen LogP contribution in [0.2, 0.25) is 0 Å². The van der Waals surface area contributed by atoms with E-state index in [1.807, 2.05) is 18.0 Å². The largest absolute Gasteiger partial charge is 0.364 e. The van der Waals surface area contributed by atoms with E-state index in [-0.39, 0.29) is 5.69 Å². The molecule has 9 heteroatoms. The number of nitrogens with zero attached hydrogens (tertiary/aromatic N) is 6. The second-order valence-electron chi connectivity index (χ2n) is 5.87. The van der Waals surface area contributed by atoms with Gasteiger partial charge >= 0.3 is 0 Å². The third-order valence-electron chi connectivity index (χ3n) is 4.09. The summed E-state index contributed by atoms with van der Waals surface area (Å²) in [4.78, 5) is 25.4. The molecule has 0 amide bonds. The Kier molecular flexibility index (Phi) is 4.17. The van der Waals surface area contributed by atoms with Crippen LogP contribution in [0.15, 0.2) is 59.5 Å². The number of aromatic nitrogens is 4. The van der Waals surface area contributed by atoms with E-state index in [2.05, 4.69) is 20.1 Å². The van der Waals surface area contributed by atoms with Gasteiger partial charge in [0.25, 0.3) is 5.69 Å². The Labute approximate surface area is 153 Å². The Bertz CT molecular complexity index is 1110. The average Bonchev–Trinajstić information content (AvgIpc) is 3.16. The van der Waals surface area contributed by atoms with E-state index < -0.39 is 4.92 Å². The summed E-state index contributed by atoms with van der Waals surface area (Å²) in [6, 6.07) is 10.2. The number of nitro groups is 1. The smallest absolute Gasteiger partial charge is 0.278 e. The molecule has 3 heterocycles. The van der Waals surface area contributed by atoms with Crippen molar-refractivity contribution in [3.63, 3.8) is 0 Å². The number of nitro benzene ring substituents is 1. The molecule has 0 N–H and O–H groups in total. The number of rotatable bonds is 5. The van der Waals surface area contributed by atoms with Crippen molar-refractivity contribution >= 4 is 22.3 Å². The van der Waals surface area contributed by atoms with E-state index in [4.69, 9.17) is 4.52 Å². The number of anilines is 1. The molecule has 0 atom stereocenters. The van der Waals surface area contributed by atoms with Crippen molar-refractivity contribution in [3.05, 3.63) is 71.0 Å². The van der Waals surface area contributed by atoms with E-state index in [9.17, 15) is 10.1 Å². The summed E-state index contributed by atoms with van der Waals surface area (Å²) in [6.45, 7) is 0.330. The zero-order chi connectivity index (χ0) is 18.8. The minimum Gasteiger partial charge on any atom is -0.364 e. The van der Waals surface area contributed by atoms with Gasteiger partial charge in [0.15, 0.2) is 0 Å². The van der Waals surface area contributed by atoms with Crippen molar-refractivity contribution in [1.29, 1.82) is 0 Å². The number of fused-ring (bicyclic) bond motifs is 1. The lowest BCUT2D eigenvalue weighted by molar-refractivity contribution is -0.383. The van der Waals surface area contributed by atoms with E-state index in [0.717, 1.165) is 11.3 Å². The topological polar surface area (TPSA) is 111 Å². The lowest BCUT2D eigenvalue weighted by atomic mass is 10.1. The van der Waals surface area contributed by atoms with Gasteiger partial charge in [-0.05, 0) is 30.3 Å². The second-order valence-corrected chi connectivity index (χ2v) is 5.87. The van der Waals surface area contributed by atoms with Crippen LogP contribution in [0.5, 0.6) is 0 Å². The molecule has 0 spiro atoms. The van der Waals surface area contributed by atoms with Gasteiger partial charge in [0.05, 0.1) is 22.5 Å². The normalized spacial score (nSPS) is 10.9. The number of benzene rings is 1. The highest BCUT2D eigenvalue weighted by molar-refractivity contribution is 5.96. The summed E-state index contributed by atoms with van der Waals surface area (Å²) in [5.41, 5.74) is 2.06. The number of non-ortho nitro benzene ring substituents is 1. The quantitative estimate of drug-likeness (QED) is 0.393. The van der Waals surface area contributed by atoms with Gasteiger partial charge in [-0.2, -0.15) is 4.98 Å². The minimum absolute atomic E-state index is 0.0203. The summed E-state index contributed by atoms with van der Waals surface area (Å²) in [7, 11) is 1.84. The van der Waals surface area contributed by atoms with E-state index in [0.29, 0.717) is 29.2 Å². The summed E-state index contributed by atoms with van der Waals surface area (Å²) in [6.07, 6.45) is 4.94. The Morgan fingerprint density at radius 2 is 2.04 bits per heavy atom. The molecule has 27 heavy (non-hydrogen) atoms. The first-order valence-corrected chi connectivity index (χ1v) is 8.10. The summed E-state index contributed by atoms with van der Waals surface area (Å²) in [5, 5.41) is 15.7. The molecule has 0 aliphatic carbocycles. The van der Waals surface area contributed by atoms with Crippen molar-refractivity contribution in [2.24, 2.45) is 0 Å². The molecule has 0 saturated carbocycles. The van der Waals surface area contributed by atoms with Crippen LogP contribution >= 0.6 is 0 Å². The highest BCUT2D eigenvalue weighted by atomic mass is 16.6. The van der Waals surface area contributed by atoms with Crippen LogP contribution in [0.4, 0.5) is 11.4 Å². The third kappa shape index (κ3) is 3.17. The fraction of sp³-hybridized carbons (Fsp3) is 0.111. The monoisotopic (exact) mass is 362 g/mol. The fourth-order valence-electron chi connectivity index (χ4n) is 2.83. The first-order valence-electron chi connectivity index (χ1n) is 8.10. The molecule has 134 valence electrons. The van der Waals surface area contributed by atoms with Crippen molar-refractivity contribution in [2.45, 2.75) is 6.54 Å². The van der Waals surface area contributed by atoms with Crippen LogP contribution in [0.25, 0.3) is 22.3 Å². The van der Waals surface area contributed by atoms with Gasteiger partial charge in [0.2, 0.25) is 11.7 Å².